The van der Waals surface area contributed by atoms with Crippen LogP contribution in [-0.4, -0.2) is 235 Å². The fourth-order valence-electron chi connectivity index (χ4n) is 13.0. The van der Waals surface area contributed by atoms with Gasteiger partial charge in [-0.3, -0.25) is 65.0 Å². The highest BCUT2D eigenvalue weighted by molar-refractivity contribution is 7.61. The molecule has 2 aliphatic heterocycles. The Morgan fingerprint density at radius 1 is 0.525 bits per heavy atom. The molecule has 2 saturated heterocycles. The molecule has 120 heavy (non-hydrogen) atoms. The molecule has 8 rings (SSSR count). The summed E-state index contributed by atoms with van der Waals surface area (Å²) in [5.41, 5.74) is 9.66. The number of unbranched alkanes of at least 4 members (excludes halogenated alkanes) is 4. The van der Waals surface area contributed by atoms with Crippen molar-refractivity contribution in [3.63, 3.8) is 0 Å². The number of hydrogen-bond acceptors (Lipinski definition) is 34. The van der Waals surface area contributed by atoms with E-state index in [-0.39, 0.29) is 97.4 Å². The average Bonchev–Trinajstić information content (AvgIpc) is 1.62. The van der Waals surface area contributed by atoms with Crippen molar-refractivity contribution in [2.24, 2.45) is 21.7 Å². The normalized spacial score (nSPS) is 22.2. The van der Waals surface area contributed by atoms with Gasteiger partial charge in [0.1, 0.15) is 84.1 Å². The molecule has 1 saturated carbocycles. The van der Waals surface area contributed by atoms with Crippen molar-refractivity contribution in [3.05, 3.63) is 60.7 Å². The molecule has 1 aliphatic carbocycles. The van der Waals surface area contributed by atoms with E-state index in [0.29, 0.717) is 12.8 Å². The van der Waals surface area contributed by atoms with Gasteiger partial charge in [-0.1, -0.05) is 91.5 Å². The number of aromatic nitrogens is 8. The summed E-state index contributed by atoms with van der Waals surface area (Å²) in [4.78, 5) is 181. The molecule has 1 aromatic carbocycles. The van der Waals surface area contributed by atoms with Crippen molar-refractivity contribution >= 4 is 116 Å². The molecule has 672 valence electrons. The third-order valence-electron chi connectivity index (χ3n) is 20.1. The number of carbonyl (C=O) groups is 6. The van der Waals surface area contributed by atoms with E-state index >= 15 is 0 Å². The topological polar surface area (TPSA) is 727 Å². The molecule has 48 nitrogen and oxygen atoms in total. The van der Waals surface area contributed by atoms with Crippen LogP contribution in [0.2, 0.25) is 0 Å². The Balaban J connectivity index is 0.620. The zero-order valence-electron chi connectivity index (χ0n) is 66.1. The number of aliphatic hydroxyl groups excluding tert-OH is 4. The SMILES string of the molecule is CC(C)(CCCCCCc1ccc(CCCCC2(C(=O)CCNC(=O)CCNC(=O)C(O)C(C)(C)COP(=O)(O)OP(=O)(O)OCC3OC(n4cnc5c(N)ncnc54)C(O)C3OP(=O)(O)O)CC2)cc1)C(=O)CCNC(=O)CCNC(=O)C(O)C(C)(C)COP(=O)(O)OP(=O)(O)OCC1OC(n2cnc3c(N)ncnc32)C(O)C1OP(=O)(O)O. The van der Waals surface area contributed by atoms with Gasteiger partial charge in [0, 0.05) is 73.5 Å². The number of imidazole rings is 2. The summed E-state index contributed by atoms with van der Waals surface area (Å²) in [7, 11) is -33.2. The number of phosphoric ester groups is 6. The number of nitrogens with one attached hydrogen (secondary N) is 4. The van der Waals surface area contributed by atoms with E-state index in [1.807, 2.05) is 13.8 Å². The van der Waals surface area contributed by atoms with Gasteiger partial charge >= 0.3 is 46.9 Å². The minimum atomic E-state index is -5.64. The van der Waals surface area contributed by atoms with Crippen LogP contribution in [0, 0.1) is 21.7 Å². The highest BCUT2D eigenvalue weighted by Crippen LogP contribution is 2.63. The molecule has 4 aromatic heterocycles. The van der Waals surface area contributed by atoms with Crippen LogP contribution in [0.1, 0.15) is 155 Å². The molecule has 20 N–H and O–H groups in total. The Morgan fingerprint density at radius 3 is 1.32 bits per heavy atom. The van der Waals surface area contributed by atoms with Crippen molar-refractivity contribution in [2.45, 2.75) is 206 Å². The lowest BCUT2D eigenvalue weighted by Crippen LogP contribution is -2.46. The maximum Gasteiger partial charge on any atom is 0.481 e. The number of ether oxygens (including phenoxy) is 2. The zero-order valence-corrected chi connectivity index (χ0v) is 71.5. The quantitative estimate of drug-likeness (QED) is 0.0196. The summed E-state index contributed by atoms with van der Waals surface area (Å²) in [6.45, 7) is 4.01. The van der Waals surface area contributed by atoms with E-state index < -0.39 is 180 Å². The molecule has 5 aromatic rings. The van der Waals surface area contributed by atoms with Gasteiger partial charge in [0.05, 0.1) is 39.1 Å². The van der Waals surface area contributed by atoms with E-state index in [1.54, 1.807) is 0 Å². The van der Waals surface area contributed by atoms with Crippen LogP contribution < -0.4 is 32.7 Å². The molecule has 4 amide bonds. The van der Waals surface area contributed by atoms with Gasteiger partial charge in [-0.2, -0.15) is 8.62 Å². The minimum absolute atomic E-state index is 0.00702. The van der Waals surface area contributed by atoms with Crippen LogP contribution in [0.4, 0.5) is 11.6 Å². The lowest BCUT2D eigenvalue weighted by atomic mass is 9.81. The zero-order chi connectivity index (χ0) is 88.8. The first-order valence-corrected chi connectivity index (χ1v) is 46.8. The Hall–Kier alpha value is -6.36. The highest BCUT2D eigenvalue weighted by Gasteiger charge is 2.53. The molecule has 0 spiro atoms. The van der Waals surface area contributed by atoms with Crippen LogP contribution in [-0.2, 0) is 114 Å². The summed E-state index contributed by atoms with van der Waals surface area (Å²) >= 11 is 0. The lowest BCUT2D eigenvalue weighted by molar-refractivity contribution is -0.137. The molecule has 0 bridgehead atoms. The van der Waals surface area contributed by atoms with Crippen LogP contribution in [0.15, 0.2) is 49.6 Å². The van der Waals surface area contributed by atoms with Gasteiger partial charge < -0.3 is 102 Å². The first kappa shape index (κ1) is 99.1. The van der Waals surface area contributed by atoms with Gasteiger partial charge in [0.2, 0.25) is 23.6 Å². The van der Waals surface area contributed by atoms with Gasteiger partial charge in [0.15, 0.2) is 35.4 Å². The number of benzene rings is 1. The second-order valence-corrected chi connectivity index (χ2v) is 39.6. The van der Waals surface area contributed by atoms with Crippen LogP contribution >= 0.6 is 46.9 Å². The number of anilines is 2. The highest BCUT2D eigenvalue weighted by atomic mass is 31.3. The molecule has 3 fully saturated rings. The van der Waals surface area contributed by atoms with E-state index in [1.165, 1.54) is 38.8 Å². The summed E-state index contributed by atoms with van der Waals surface area (Å²) in [5.74, 6) is -3.17. The number of hydrogen-bond donors (Lipinski definition) is 18. The van der Waals surface area contributed by atoms with Crippen molar-refractivity contribution in [3.8, 4) is 0 Å². The van der Waals surface area contributed by atoms with Crippen molar-refractivity contribution < 1.29 is 161 Å². The van der Waals surface area contributed by atoms with Gasteiger partial charge in [-0.25, -0.2) is 57.3 Å². The molecule has 3 aliphatic rings. The number of amides is 4. The predicted molar refractivity (Wildman–Crippen MR) is 415 cm³/mol. The van der Waals surface area contributed by atoms with Crippen LogP contribution in [0.5, 0.6) is 0 Å². The number of aliphatic hydroxyl groups is 4. The lowest BCUT2D eigenvalue weighted by Gasteiger charge is -2.30. The van der Waals surface area contributed by atoms with Crippen molar-refractivity contribution in [1.29, 1.82) is 0 Å². The number of aryl methyl sites for hydroxylation is 2. The van der Waals surface area contributed by atoms with Crippen molar-refractivity contribution in [1.82, 2.24) is 60.3 Å². The number of nitrogen functional groups attached to an aromatic ring is 2. The van der Waals surface area contributed by atoms with Gasteiger partial charge in [0.25, 0.3) is 0 Å². The molecule has 14 atom stereocenters. The number of carbonyl (C=O) groups excluding carboxylic acids is 6. The second kappa shape index (κ2) is 41.6. The van der Waals surface area contributed by atoms with E-state index in [9.17, 15) is 116 Å². The van der Waals surface area contributed by atoms with Crippen molar-refractivity contribution in [2.75, 3.05) is 64.1 Å². The fourth-order valence-corrected chi connectivity index (χ4v) is 18.6. The molecule has 6 heterocycles. The standard InChI is InChI=1S/C66H104N14O34P6/c1-63(2,43(81)19-27-69-45(83)21-29-71-59(89)53(87)64(3,4)33-107-119(101,102)113-117(97,98)105-31-41-51(111-115(91,92)93)49(85)61(109-41)79-37-77-47-55(67)73-35-75-57(47)79)23-11-8-7-9-13-39-15-17-40(18-16-39)14-10-12-24-66(25-26-66)44(82)20-28-70-46(84)22-30-72-60(90)54(88)65(5,6)34-108-120(103,104)114-118(99,100)106-32-42-52(112-116(94,95)96)50(86)62(110-42)80-38-78-48-56(68)74-36-76-58(48)80/h15-18,35-38,41-42,49-54,61-62,85-88H,7-14,19-34H2,1-6H3,(H,69,83)(H,70,84)(H,71,89)(H,72,90)(H,97,98)(H,99,100)(H,101,102)(H,103,104)(H2,67,73,75)(H2,68,74,76)(H2,91,92,93)(H2,94,95,96). The number of nitrogens with two attached hydrogens (primary N) is 2. The molecular weight excluding hydrogens is 1720 g/mol. The van der Waals surface area contributed by atoms with E-state index in [4.69, 9.17) is 39.0 Å². The van der Waals surface area contributed by atoms with E-state index in [0.717, 1.165) is 98.7 Å². The Bertz CT molecular complexity index is 4700. The van der Waals surface area contributed by atoms with Crippen LogP contribution in [0.3, 0.4) is 0 Å². The first-order valence-electron chi connectivity index (χ1n) is 37.7. The number of phosphoric acid groups is 6. The largest absolute Gasteiger partial charge is 0.481 e. The van der Waals surface area contributed by atoms with Gasteiger partial charge in [-0.15, -0.1) is 0 Å². The van der Waals surface area contributed by atoms with E-state index in [2.05, 4.69) is 93.1 Å². The third kappa shape index (κ3) is 29.1. The summed E-state index contributed by atoms with van der Waals surface area (Å²) in [6, 6.07) is 8.43. The second-order valence-electron chi connectivity index (χ2n) is 31.1. The maximum atomic E-state index is 13.3. The van der Waals surface area contributed by atoms with Gasteiger partial charge in [-0.05, 0) is 62.5 Å². The minimum Gasteiger partial charge on any atom is -0.386 e. The summed E-state index contributed by atoms with van der Waals surface area (Å²) < 4.78 is 126. The molecule has 0 radical (unpaired) electrons. The van der Waals surface area contributed by atoms with Crippen LogP contribution in [0.25, 0.3) is 22.3 Å². The third-order valence-corrected chi connectivity index (χ3v) is 26.3. The first-order chi connectivity index (χ1) is 55.8. The molecular formula is C66H104N14O34P6. The number of ketones is 2. The number of nitrogens with zero attached hydrogens (tertiary/aromatic N) is 8. The fraction of sp³-hybridized carbons (Fsp3) is 0.667. The number of fused-ring (bicyclic) bond motifs is 2. The smallest absolute Gasteiger partial charge is 0.386 e. The number of Topliss-reactive ketones (excluding diaryl/α,β-unsaturated/α-hetero) is 2. The maximum absolute atomic E-state index is 13.3. The molecule has 54 heteroatoms. The molecule has 14 unspecified atom stereocenters. The number of rotatable bonds is 52. The Labute approximate surface area is 686 Å². The summed E-state index contributed by atoms with van der Waals surface area (Å²) in [6.07, 6.45) is -4.42. The monoisotopic (exact) mass is 1820 g/mol. The summed E-state index contributed by atoms with van der Waals surface area (Å²) in [5, 5.41) is 53.6. The predicted octanol–water partition coefficient (Wildman–Crippen LogP) is 2.45. The Morgan fingerprint density at radius 2 is 0.908 bits per heavy atom. The average molecular weight is 1820 g/mol. The Kier molecular flexibility index (Phi) is 34.4.